The van der Waals surface area contributed by atoms with E-state index in [0.717, 1.165) is 37.5 Å². The molecule has 2 rings (SSSR count). The Morgan fingerprint density at radius 2 is 1.83 bits per heavy atom. The molecule has 24 heavy (non-hydrogen) atoms. The van der Waals surface area contributed by atoms with E-state index in [2.05, 4.69) is 5.32 Å². The molecule has 4 nitrogen and oxygen atoms in total. The average Bonchev–Trinajstić information content (AvgIpc) is 2.48. The highest BCUT2D eigenvalue weighted by Gasteiger charge is 2.36. The fraction of sp³-hybridized carbons (Fsp3) is 0.500. The number of anilines is 1. The normalized spacial score (nSPS) is 17.3. The van der Waals surface area contributed by atoms with Gasteiger partial charge in [-0.25, -0.2) is 4.79 Å². The van der Waals surface area contributed by atoms with Gasteiger partial charge in [-0.3, -0.25) is 4.79 Å². The number of benzene rings is 1. The van der Waals surface area contributed by atoms with Gasteiger partial charge in [-0.2, -0.15) is 13.2 Å². The second-order valence-corrected chi connectivity index (χ2v) is 7.15. The van der Waals surface area contributed by atoms with E-state index in [4.69, 9.17) is 5.11 Å². The third-order valence-corrected chi connectivity index (χ3v) is 5.01. The van der Waals surface area contributed by atoms with Crippen molar-refractivity contribution in [3.05, 3.63) is 23.8 Å². The minimum Gasteiger partial charge on any atom is -0.473 e. The van der Waals surface area contributed by atoms with E-state index >= 15 is 0 Å². The van der Waals surface area contributed by atoms with Gasteiger partial charge in [-0.15, -0.1) is 0 Å². The molecule has 132 valence electrons. The summed E-state index contributed by atoms with van der Waals surface area (Å²) in [5.74, 6) is -0.367. The van der Waals surface area contributed by atoms with Crippen molar-refractivity contribution in [1.82, 2.24) is 0 Å². The largest absolute Gasteiger partial charge is 0.473 e. The second-order valence-electron chi connectivity index (χ2n) is 6.15. The van der Waals surface area contributed by atoms with Crippen LogP contribution in [0.1, 0.15) is 44.6 Å². The number of hydrogen-bond donors (Lipinski definition) is 2. The Morgan fingerprint density at radius 1 is 1.21 bits per heavy atom. The summed E-state index contributed by atoms with van der Waals surface area (Å²) in [7, 11) is 0. The number of carbonyl (C=O) groups excluding carboxylic acids is 1. The molecule has 2 N–H and O–H groups in total. The van der Waals surface area contributed by atoms with Crippen molar-refractivity contribution >= 4 is 28.7 Å². The Labute approximate surface area is 141 Å². The molecule has 0 spiro atoms. The van der Waals surface area contributed by atoms with Gasteiger partial charge in [0, 0.05) is 10.3 Å². The maximum absolute atomic E-state index is 12.9. The summed E-state index contributed by atoms with van der Waals surface area (Å²) in [5, 5.41) is 10.1. The molecule has 0 bridgehead atoms. The summed E-state index contributed by atoms with van der Waals surface area (Å²) in [4.78, 5) is 23.5. The summed E-state index contributed by atoms with van der Waals surface area (Å²) in [6, 6.07) is 2.67. The SMILES string of the molecule is CC1(C(=O)Nc2cc(C(F)(F)F)ccc2SC(=O)O)CCCCC1. The molecule has 1 aliphatic rings. The van der Waals surface area contributed by atoms with Crippen LogP contribution in [0.3, 0.4) is 0 Å². The molecule has 0 aromatic heterocycles. The number of carboxylic acid groups (broad SMARTS) is 1. The highest BCUT2D eigenvalue weighted by atomic mass is 32.2. The molecule has 1 amide bonds. The van der Waals surface area contributed by atoms with E-state index in [1.807, 2.05) is 0 Å². The van der Waals surface area contributed by atoms with Gasteiger partial charge >= 0.3 is 11.5 Å². The molecular formula is C16H18F3NO3S. The quantitative estimate of drug-likeness (QED) is 0.709. The van der Waals surface area contributed by atoms with Crippen LogP contribution in [0.15, 0.2) is 23.1 Å². The minimum absolute atomic E-state index is 0.0725. The third kappa shape index (κ3) is 4.43. The smallest absolute Gasteiger partial charge is 0.416 e. The molecule has 1 aliphatic carbocycles. The zero-order valence-electron chi connectivity index (χ0n) is 13.1. The van der Waals surface area contributed by atoms with Gasteiger partial charge in [0.25, 0.3) is 0 Å². The molecule has 0 radical (unpaired) electrons. The van der Waals surface area contributed by atoms with Crippen LogP contribution in [0.25, 0.3) is 0 Å². The molecule has 1 fully saturated rings. The van der Waals surface area contributed by atoms with Crippen LogP contribution in [0.2, 0.25) is 0 Å². The molecule has 0 unspecified atom stereocenters. The van der Waals surface area contributed by atoms with Crippen molar-refractivity contribution < 1.29 is 27.9 Å². The predicted molar refractivity (Wildman–Crippen MR) is 85.1 cm³/mol. The molecule has 0 aliphatic heterocycles. The maximum Gasteiger partial charge on any atom is 0.416 e. The predicted octanol–water partition coefficient (Wildman–Crippen LogP) is 5.38. The first-order valence-electron chi connectivity index (χ1n) is 7.55. The standard InChI is InChI=1S/C16H18F3NO3S/c1-15(7-3-2-4-8-15)13(21)20-11-9-10(16(17,18)19)5-6-12(11)24-14(22)23/h5-6,9H,2-4,7-8H2,1H3,(H,20,21)(H,22,23). The lowest BCUT2D eigenvalue weighted by Gasteiger charge is -2.32. The van der Waals surface area contributed by atoms with Crippen LogP contribution in [0.4, 0.5) is 23.7 Å². The van der Waals surface area contributed by atoms with Crippen molar-refractivity contribution in [1.29, 1.82) is 0 Å². The number of rotatable bonds is 3. The van der Waals surface area contributed by atoms with Crippen LogP contribution in [0, 0.1) is 5.41 Å². The molecule has 1 aromatic rings. The zero-order valence-corrected chi connectivity index (χ0v) is 13.9. The van der Waals surface area contributed by atoms with Crippen molar-refractivity contribution in [2.75, 3.05) is 5.32 Å². The number of alkyl halides is 3. The topological polar surface area (TPSA) is 66.4 Å². The van der Waals surface area contributed by atoms with Gasteiger partial charge in [0.2, 0.25) is 5.91 Å². The molecule has 1 aromatic carbocycles. The Balaban J connectivity index is 2.31. The number of carbonyl (C=O) groups is 2. The van der Waals surface area contributed by atoms with Crippen LogP contribution in [0.5, 0.6) is 0 Å². The van der Waals surface area contributed by atoms with Crippen molar-refractivity contribution in [2.45, 2.75) is 50.1 Å². The first-order valence-corrected chi connectivity index (χ1v) is 8.37. The number of thioether (sulfide) groups is 1. The molecule has 8 heteroatoms. The fourth-order valence-electron chi connectivity index (χ4n) is 2.82. The lowest BCUT2D eigenvalue weighted by molar-refractivity contribution is -0.137. The maximum atomic E-state index is 12.9. The van der Waals surface area contributed by atoms with Gasteiger partial charge in [-0.05, 0) is 42.8 Å². The number of halogens is 3. The Morgan fingerprint density at radius 3 is 2.38 bits per heavy atom. The Bertz CT molecular complexity index is 640. The van der Waals surface area contributed by atoms with E-state index in [1.54, 1.807) is 6.92 Å². The van der Waals surface area contributed by atoms with Crippen molar-refractivity contribution in [3.8, 4) is 0 Å². The van der Waals surface area contributed by atoms with E-state index in [-0.39, 0.29) is 16.5 Å². The summed E-state index contributed by atoms with van der Waals surface area (Å²) in [6.45, 7) is 1.79. The van der Waals surface area contributed by atoms with Gasteiger partial charge < -0.3 is 10.4 Å². The van der Waals surface area contributed by atoms with Crippen LogP contribution in [-0.2, 0) is 11.0 Å². The zero-order chi connectivity index (χ0) is 18.0. The first kappa shape index (κ1) is 18.6. The van der Waals surface area contributed by atoms with Gasteiger partial charge in [-0.1, -0.05) is 26.2 Å². The minimum atomic E-state index is -4.57. The highest BCUT2D eigenvalue weighted by Crippen LogP contribution is 2.39. The van der Waals surface area contributed by atoms with Crippen LogP contribution >= 0.6 is 11.8 Å². The molecule has 0 heterocycles. The van der Waals surface area contributed by atoms with E-state index in [9.17, 15) is 22.8 Å². The van der Waals surface area contributed by atoms with E-state index in [1.165, 1.54) is 0 Å². The Kier molecular flexibility index (Phi) is 5.47. The monoisotopic (exact) mass is 361 g/mol. The molecule has 0 saturated heterocycles. The molecule has 1 saturated carbocycles. The number of amides is 1. The Hall–Kier alpha value is -1.70. The van der Waals surface area contributed by atoms with Crippen LogP contribution in [-0.4, -0.2) is 16.3 Å². The van der Waals surface area contributed by atoms with Gasteiger partial charge in [0.05, 0.1) is 11.3 Å². The molecular weight excluding hydrogens is 343 g/mol. The first-order chi connectivity index (χ1) is 11.1. The fourth-order valence-corrected chi connectivity index (χ4v) is 3.36. The van der Waals surface area contributed by atoms with Gasteiger partial charge in [0.1, 0.15) is 0 Å². The van der Waals surface area contributed by atoms with Crippen molar-refractivity contribution in [2.24, 2.45) is 5.41 Å². The summed E-state index contributed by atoms with van der Waals surface area (Å²) >= 11 is 0.367. The lowest BCUT2D eigenvalue weighted by Crippen LogP contribution is -2.35. The number of hydrogen-bond acceptors (Lipinski definition) is 3. The highest BCUT2D eigenvalue weighted by molar-refractivity contribution is 8.13. The summed E-state index contributed by atoms with van der Waals surface area (Å²) in [6.07, 6.45) is -0.419. The second kappa shape index (κ2) is 7.04. The van der Waals surface area contributed by atoms with Crippen molar-refractivity contribution in [3.63, 3.8) is 0 Å². The number of nitrogens with one attached hydrogen (secondary N) is 1. The lowest BCUT2D eigenvalue weighted by atomic mass is 9.75. The molecule has 0 atom stereocenters. The van der Waals surface area contributed by atoms with E-state index in [0.29, 0.717) is 24.6 Å². The summed E-state index contributed by atoms with van der Waals surface area (Å²) < 4.78 is 38.7. The third-order valence-electron chi connectivity index (χ3n) is 4.26. The van der Waals surface area contributed by atoms with E-state index < -0.39 is 22.5 Å². The van der Waals surface area contributed by atoms with Gasteiger partial charge in [0.15, 0.2) is 0 Å². The van der Waals surface area contributed by atoms with Crippen LogP contribution < -0.4 is 5.32 Å². The summed E-state index contributed by atoms with van der Waals surface area (Å²) in [5.41, 5.74) is -1.69. The average molecular weight is 361 g/mol.